The number of carbonyl (C=O) groups excluding carboxylic acids is 1. The largest absolute Gasteiger partial charge is 0.466 e. The number of carbonyl (C=O) groups is 1. The Morgan fingerprint density at radius 3 is 2.40 bits per heavy atom. The van der Waals surface area contributed by atoms with Crippen LogP contribution in [0, 0.1) is 0 Å². The maximum atomic E-state index is 12.7. The van der Waals surface area contributed by atoms with Crippen molar-refractivity contribution in [3.05, 3.63) is 77.9 Å². The number of halogens is 3. The average molecular weight is 482 g/mol. The number of hydrogen-bond donors (Lipinski definition) is 1. The average Bonchev–Trinajstić information content (AvgIpc) is 3.50. The number of methoxy groups -OCH3 is 1. The zero-order chi connectivity index (χ0) is 24.6. The first-order chi connectivity index (χ1) is 16.8. The smallest absolute Gasteiger partial charge is 0.416 e. The molecule has 2 heterocycles. The molecule has 0 fully saturated rings. The first-order valence-electron chi connectivity index (χ1n) is 10.3. The van der Waals surface area contributed by atoms with Crippen LogP contribution in [0.5, 0.6) is 17.5 Å². The number of ether oxygens (including phenoxy) is 3. The van der Waals surface area contributed by atoms with Gasteiger partial charge in [0.2, 0.25) is 6.79 Å². The first-order valence-corrected chi connectivity index (χ1v) is 10.3. The zero-order valence-corrected chi connectivity index (χ0v) is 18.2. The van der Waals surface area contributed by atoms with Crippen LogP contribution in [-0.4, -0.2) is 34.6 Å². The second-order valence-corrected chi connectivity index (χ2v) is 7.48. The van der Waals surface area contributed by atoms with Gasteiger partial charge in [0.25, 0.3) is 5.91 Å². The molecule has 0 spiro atoms. The number of rotatable bonds is 5. The van der Waals surface area contributed by atoms with Crippen molar-refractivity contribution in [2.45, 2.75) is 6.18 Å². The number of anilines is 1. The summed E-state index contributed by atoms with van der Waals surface area (Å²) in [6.45, 7) is 0.147. The van der Waals surface area contributed by atoms with Gasteiger partial charge in [0.15, 0.2) is 17.3 Å². The summed E-state index contributed by atoms with van der Waals surface area (Å²) < 4.78 is 55.8. The summed E-state index contributed by atoms with van der Waals surface area (Å²) >= 11 is 0. The molecule has 0 unspecified atom stereocenters. The minimum Gasteiger partial charge on any atom is -0.466 e. The minimum atomic E-state index is -4.46. The van der Waals surface area contributed by atoms with Gasteiger partial charge in [-0.15, -0.1) is 5.10 Å². The van der Waals surface area contributed by atoms with Crippen LogP contribution in [0.2, 0.25) is 0 Å². The Labute approximate surface area is 196 Å². The summed E-state index contributed by atoms with van der Waals surface area (Å²) in [7, 11) is 1.46. The molecule has 8 nitrogen and oxygen atoms in total. The Hall–Kier alpha value is -4.54. The van der Waals surface area contributed by atoms with Crippen molar-refractivity contribution in [3.8, 4) is 34.6 Å². The minimum absolute atomic E-state index is 0.105. The highest BCUT2D eigenvalue weighted by molar-refractivity contribution is 6.04. The lowest BCUT2D eigenvalue weighted by molar-refractivity contribution is -0.137. The van der Waals surface area contributed by atoms with E-state index in [1.54, 1.807) is 41.1 Å². The van der Waals surface area contributed by atoms with Gasteiger partial charge in [-0.05, 0) is 66.7 Å². The second-order valence-electron chi connectivity index (χ2n) is 7.48. The summed E-state index contributed by atoms with van der Waals surface area (Å²) in [6.07, 6.45) is -4.46. The van der Waals surface area contributed by atoms with E-state index in [2.05, 4.69) is 15.4 Å². The summed E-state index contributed by atoms with van der Waals surface area (Å²) in [5.41, 5.74) is 1.11. The lowest BCUT2D eigenvalue weighted by Crippen LogP contribution is -2.13. The maximum absolute atomic E-state index is 12.7. The molecule has 1 amide bonds. The summed E-state index contributed by atoms with van der Waals surface area (Å²) in [5.74, 6) is 1.20. The normalized spacial score (nSPS) is 12.5. The van der Waals surface area contributed by atoms with Crippen LogP contribution in [0.25, 0.3) is 17.1 Å². The van der Waals surface area contributed by atoms with E-state index in [-0.39, 0.29) is 18.4 Å². The van der Waals surface area contributed by atoms with Crippen molar-refractivity contribution in [1.82, 2.24) is 14.8 Å². The fourth-order valence-corrected chi connectivity index (χ4v) is 3.48. The quantitative estimate of drug-likeness (QED) is 0.434. The molecule has 0 radical (unpaired) electrons. The van der Waals surface area contributed by atoms with E-state index in [9.17, 15) is 18.0 Å². The van der Waals surface area contributed by atoms with E-state index in [0.717, 1.165) is 29.8 Å². The third-order valence-corrected chi connectivity index (χ3v) is 5.25. The van der Waals surface area contributed by atoms with E-state index in [1.165, 1.54) is 7.11 Å². The van der Waals surface area contributed by atoms with Gasteiger partial charge in [-0.2, -0.15) is 18.2 Å². The Kier molecular flexibility index (Phi) is 5.51. The Morgan fingerprint density at radius 2 is 1.71 bits per heavy atom. The van der Waals surface area contributed by atoms with Gasteiger partial charge < -0.3 is 19.5 Å². The summed E-state index contributed by atoms with van der Waals surface area (Å²) in [5, 5.41) is 7.03. The molecular formula is C24H17F3N4O4. The second kappa shape index (κ2) is 8.67. The third kappa shape index (κ3) is 4.47. The van der Waals surface area contributed by atoms with Crippen LogP contribution in [-0.2, 0) is 6.18 Å². The standard InChI is InChI=1S/C24H17F3N4O4/c1-33-23-29-21(15-4-11-19-20(12-15)35-13-34-19)31(30-23)18-9-7-17(8-10-18)28-22(32)14-2-5-16(6-3-14)24(25,26)27/h2-12H,13H2,1H3,(H,28,32). The molecule has 0 bridgehead atoms. The molecule has 0 saturated heterocycles. The van der Waals surface area contributed by atoms with Crippen molar-refractivity contribution in [2.24, 2.45) is 0 Å². The van der Waals surface area contributed by atoms with Gasteiger partial charge in [-0.1, -0.05) is 0 Å². The van der Waals surface area contributed by atoms with E-state index < -0.39 is 17.6 Å². The van der Waals surface area contributed by atoms with E-state index in [1.807, 2.05) is 6.07 Å². The van der Waals surface area contributed by atoms with Gasteiger partial charge in [0.1, 0.15) is 0 Å². The Balaban J connectivity index is 1.37. The topological polar surface area (TPSA) is 87.5 Å². The van der Waals surface area contributed by atoms with Crippen LogP contribution in [0.15, 0.2) is 66.7 Å². The maximum Gasteiger partial charge on any atom is 0.416 e. The number of benzene rings is 3. The fraction of sp³-hybridized carbons (Fsp3) is 0.125. The Bertz CT molecular complexity index is 1380. The molecule has 4 aromatic rings. The third-order valence-electron chi connectivity index (χ3n) is 5.25. The number of alkyl halides is 3. The molecule has 1 aromatic heterocycles. The van der Waals surface area contributed by atoms with Gasteiger partial charge in [-0.3, -0.25) is 4.79 Å². The van der Waals surface area contributed by atoms with E-state index in [0.29, 0.717) is 28.7 Å². The molecule has 11 heteroatoms. The van der Waals surface area contributed by atoms with Crippen molar-refractivity contribution in [1.29, 1.82) is 0 Å². The molecule has 35 heavy (non-hydrogen) atoms. The van der Waals surface area contributed by atoms with Crippen LogP contribution < -0.4 is 19.5 Å². The molecule has 5 rings (SSSR count). The molecule has 3 aromatic carbocycles. The van der Waals surface area contributed by atoms with E-state index >= 15 is 0 Å². The highest BCUT2D eigenvalue weighted by Crippen LogP contribution is 2.36. The number of nitrogens with zero attached hydrogens (tertiary/aromatic N) is 3. The van der Waals surface area contributed by atoms with Crippen LogP contribution in [0.4, 0.5) is 18.9 Å². The van der Waals surface area contributed by atoms with Crippen LogP contribution >= 0.6 is 0 Å². The highest BCUT2D eigenvalue weighted by Gasteiger charge is 2.30. The molecule has 178 valence electrons. The summed E-state index contributed by atoms with van der Waals surface area (Å²) in [4.78, 5) is 16.9. The van der Waals surface area contributed by atoms with Crippen LogP contribution in [0.3, 0.4) is 0 Å². The number of aromatic nitrogens is 3. The molecule has 1 N–H and O–H groups in total. The molecule has 0 aliphatic carbocycles. The predicted molar refractivity (Wildman–Crippen MR) is 119 cm³/mol. The van der Waals surface area contributed by atoms with Crippen molar-refractivity contribution < 1.29 is 32.2 Å². The number of nitrogens with one attached hydrogen (secondary N) is 1. The monoisotopic (exact) mass is 482 g/mol. The lowest BCUT2D eigenvalue weighted by atomic mass is 10.1. The highest BCUT2D eigenvalue weighted by atomic mass is 19.4. The van der Waals surface area contributed by atoms with E-state index in [4.69, 9.17) is 14.2 Å². The lowest BCUT2D eigenvalue weighted by Gasteiger charge is -2.10. The van der Waals surface area contributed by atoms with Gasteiger partial charge in [0, 0.05) is 16.8 Å². The zero-order valence-electron chi connectivity index (χ0n) is 18.2. The number of amides is 1. The molecule has 1 aliphatic rings. The first kappa shape index (κ1) is 22.3. The number of fused-ring (bicyclic) bond motifs is 1. The number of hydrogen-bond acceptors (Lipinski definition) is 6. The molecular weight excluding hydrogens is 465 g/mol. The van der Waals surface area contributed by atoms with Gasteiger partial charge >= 0.3 is 12.2 Å². The Morgan fingerprint density at radius 1 is 1.00 bits per heavy atom. The summed E-state index contributed by atoms with van der Waals surface area (Å²) in [6, 6.07) is 16.3. The molecule has 1 aliphatic heterocycles. The predicted octanol–water partition coefficient (Wildman–Crippen LogP) is 4.94. The van der Waals surface area contributed by atoms with Crippen molar-refractivity contribution >= 4 is 11.6 Å². The van der Waals surface area contributed by atoms with Crippen molar-refractivity contribution in [3.63, 3.8) is 0 Å². The SMILES string of the molecule is COc1nc(-c2ccc3c(c2)OCO3)n(-c2ccc(NC(=O)c3ccc(C(F)(F)F)cc3)cc2)n1. The van der Waals surface area contributed by atoms with Gasteiger partial charge in [0.05, 0.1) is 18.4 Å². The van der Waals surface area contributed by atoms with Gasteiger partial charge in [-0.25, -0.2) is 4.68 Å². The molecule has 0 atom stereocenters. The fourth-order valence-electron chi connectivity index (χ4n) is 3.48. The van der Waals surface area contributed by atoms with Crippen LogP contribution in [0.1, 0.15) is 15.9 Å². The van der Waals surface area contributed by atoms with Crippen molar-refractivity contribution in [2.75, 3.05) is 19.2 Å². The molecule has 0 saturated carbocycles.